The van der Waals surface area contributed by atoms with Gasteiger partial charge in [-0.05, 0) is 36.8 Å². The van der Waals surface area contributed by atoms with Crippen molar-refractivity contribution in [3.05, 3.63) is 66.0 Å². The molecule has 1 unspecified atom stereocenters. The number of carbonyl (C=O) groups excluding carboxylic acids is 1. The second-order valence-electron chi connectivity index (χ2n) is 6.41. The van der Waals surface area contributed by atoms with Gasteiger partial charge in [0.2, 0.25) is 5.82 Å². The van der Waals surface area contributed by atoms with E-state index in [9.17, 15) is 9.59 Å². The first kappa shape index (κ1) is 20.8. The zero-order chi connectivity index (χ0) is 21.5. The number of nitrogens with zero attached hydrogens (tertiary/aromatic N) is 3. The Morgan fingerprint density at radius 1 is 1.13 bits per heavy atom. The second-order valence-corrected chi connectivity index (χ2v) is 6.41. The minimum Gasteiger partial charge on any atom is -0.485 e. The van der Waals surface area contributed by atoms with Gasteiger partial charge in [-0.25, -0.2) is 4.79 Å². The van der Waals surface area contributed by atoms with Crippen molar-refractivity contribution in [2.24, 2.45) is 0 Å². The van der Waals surface area contributed by atoms with Gasteiger partial charge in [-0.3, -0.25) is 9.69 Å². The predicted octanol–water partition coefficient (Wildman–Crippen LogP) is 3.53. The van der Waals surface area contributed by atoms with Crippen LogP contribution < -0.4 is 4.74 Å². The van der Waals surface area contributed by atoms with Crippen LogP contribution in [0.25, 0.3) is 11.5 Å². The Balaban J connectivity index is 1.62. The molecular weight excluding hydrogens is 390 g/mol. The van der Waals surface area contributed by atoms with Crippen LogP contribution in [0.3, 0.4) is 0 Å². The molecule has 1 aromatic heterocycles. The number of carbonyl (C=O) groups is 2. The van der Waals surface area contributed by atoms with E-state index in [-0.39, 0.29) is 6.61 Å². The SMILES string of the molecule is COC(=O)N(CC(=O)O)C(C)c1ccc(OCc2noc(-c3ccccc3)n2)cc1. The lowest BCUT2D eigenvalue weighted by atomic mass is 10.1. The summed E-state index contributed by atoms with van der Waals surface area (Å²) < 4.78 is 15.6. The fourth-order valence-corrected chi connectivity index (χ4v) is 2.80. The highest BCUT2D eigenvalue weighted by Gasteiger charge is 2.24. The maximum absolute atomic E-state index is 11.9. The van der Waals surface area contributed by atoms with Crippen LogP contribution in [-0.2, 0) is 16.1 Å². The van der Waals surface area contributed by atoms with E-state index in [1.165, 1.54) is 7.11 Å². The van der Waals surface area contributed by atoms with Gasteiger partial charge < -0.3 is 19.1 Å². The number of amides is 1. The van der Waals surface area contributed by atoms with Crippen molar-refractivity contribution >= 4 is 12.1 Å². The average Bonchev–Trinajstić information content (AvgIpc) is 3.25. The molecule has 1 amide bonds. The first-order chi connectivity index (χ1) is 14.5. The molecule has 3 rings (SSSR count). The van der Waals surface area contributed by atoms with Crippen molar-refractivity contribution in [1.29, 1.82) is 0 Å². The predicted molar refractivity (Wildman–Crippen MR) is 106 cm³/mol. The molecule has 0 saturated heterocycles. The lowest BCUT2D eigenvalue weighted by Crippen LogP contribution is -2.37. The summed E-state index contributed by atoms with van der Waals surface area (Å²) in [5.74, 6) is 0.270. The quantitative estimate of drug-likeness (QED) is 0.599. The zero-order valence-electron chi connectivity index (χ0n) is 16.5. The largest absolute Gasteiger partial charge is 0.485 e. The summed E-state index contributed by atoms with van der Waals surface area (Å²) in [4.78, 5) is 28.4. The minimum absolute atomic E-state index is 0.124. The molecule has 0 bridgehead atoms. The first-order valence-electron chi connectivity index (χ1n) is 9.15. The molecule has 0 radical (unpaired) electrons. The molecule has 0 aliphatic heterocycles. The van der Waals surface area contributed by atoms with E-state index >= 15 is 0 Å². The average molecular weight is 411 g/mol. The van der Waals surface area contributed by atoms with Gasteiger partial charge in [0.1, 0.15) is 12.3 Å². The van der Waals surface area contributed by atoms with Crippen LogP contribution in [0, 0.1) is 0 Å². The van der Waals surface area contributed by atoms with Crippen LogP contribution >= 0.6 is 0 Å². The highest BCUT2D eigenvalue weighted by Crippen LogP contribution is 2.24. The van der Waals surface area contributed by atoms with Crippen molar-refractivity contribution < 1.29 is 28.7 Å². The van der Waals surface area contributed by atoms with Gasteiger partial charge in [-0.2, -0.15) is 4.98 Å². The van der Waals surface area contributed by atoms with Crippen molar-refractivity contribution in [3.63, 3.8) is 0 Å². The number of aliphatic carboxylic acids is 1. The van der Waals surface area contributed by atoms with Crippen LogP contribution in [0.1, 0.15) is 24.4 Å². The molecular formula is C21H21N3O6. The third-order valence-corrected chi connectivity index (χ3v) is 4.40. The first-order valence-corrected chi connectivity index (χ1v) is 9.15. The van der Waals surface area contributed by atoms with Crippen LogP contribution in [0.15, 0.2) is 59.1 Å². The van der Waals surface area contributed by atoms with Gasteiger partial charge >= 0.3 is 12.1 Å². The number of carboxylic acids is 1. The van der Waals surface area contributed by atoms with E-state index in [4.69, 9.17) is 14.4 Å². The van der Waals surface area contributed by atoms with Gasteiger partial charge in [0, 0.05) is 5.56 Å². The van der Waals surface area contributed by atoms with Gasteiger partial charge in [-0.1, -0.05) is 35.5 Å². The molecule has 30 heavy (non-hydrogen) atoms. The van der Waals surface area contributed by atoms with E-state index < -0.39 is 24.6 Å². The smallest absolute Gasteiger partial charge is 0.410 e. The van der Waals surface area contributed by atoms with Gasteiger partial charge in [-0.15, -0.1) is 0 Å². The Labute approximate surface area is 172 Å². The number of hydrogen-bond donors (Lipinski definition) is 1. The van der Waals surface area contributed by atoms with Crippen LogP contribution in [-0.4, -0.2) is 45.9 Å². The van der Waals surface area contributed by atoms with E-state index in [2.05, 4.69) is 14.9 Å². The molecule has 0 fully saturated rings. The van der Waals surface area contributed by atoms with E-state index in [1.807, 2.05) is 30.3 Å². The summed E-state index contributed by atoms with van der Waals surface area (Å²) in [6, 6.07) is 15.9. The molecule has 1 heterocycles. The fraction of sp³-hybridized carbons (Fsp3) is 0.238. The standard InChI is InChI=1S/C21H21N3O6/c1-14(24(12-19(25)26)21(27)28-2)15-8-10-17(11-9-15)29-13-18-22-20(30-23-18)16-6-4-3-5-7-16/h3-11,14H,12-13H2,1-2H3,(H,25,26). The monoisotopic (exact) mass is 411 g/mol. The lowest BCUT2D eigenvalue weighted by molar-refractivity contribution is -0.138. The lowest BCUT2D eigenvalue weighted by Gasteiger charge is -2.26. The number of aromatic nitrogens is 2. The van der Waals surface area contributed by atoms with Crippen molar-refractivity contribution in [2.75, 3.05) is 13.7 Å². The molecule has 0 aliphatic rings. The summed E-state index contributed by atoms with van der Waals surface area (Å²) in [5.41, 5.74) is 1.56. The summed E-state index contributed by atoms with van der Waals surface area (Å²) >= 11 is 0. The maximum Gasteiger partial charge on any atom is 0.410 e. The van der Waals surface area contributed by atoms with Crippen molar-refractivity contribution in [3.8, 4) is 17.2 Å². The van der Waals surface area contributed by atoms with Crippen LogP contribution in [0.5, 0.6) is 5.75 Å². The Morgan fingerprint density at radius 2 is 1.83 bits per heavy atom. The molecule has 9 heteroatoms. The number of ether oxygens (including phenoxy) is 2. The molecule has 0 saturated carbocycles. The number of carboxylic acid groups (broad SMARTS) is 1. The Morgan fingerprint density at radius 3 is 2.47 bits per heavy atom. The maximum atomic E-state index is 11.9. The van der Waals surface area contributed by atoms with Gasteiger partial charge in [0.15, 0.2) is 6.61 Å². The molecule has 9 nitrogen and oxygen atoms in total. The van der Waals surface area contributed by atoms with Crippen molar-refractivity contribution in [2.45, 2.75) is 19.6 Å². The molecule has 0 spiro atoms. The van der Waals surface area contributed by atoms with E-state index in [0.29, 0.717) is 17.5 Å². The Bertz CT molecular complexity index is 987. The van der Waals surface area contributed by atoms with Crippen LogP contribution in [0.4, 0.5) is 4.79 Å². The molecule has 0 aliphatic carbocycles. The number of hydrogen-bond acceptors (Lipinski definition) is 7. The highest BCUT2D eigenvalue weighted by atomic mass is 16.5. The topological polar surface area (TPSA) is 115 Å². The summed E-state index contributed by atoms with van der Waals surface area (Å²) in [6.45, 7) is 1.38. The third-order valence-electron chi connectivity index (χ3n) is 4.40. The van der Waals surface area contributed by atoms with Crippen LogP contribution in [0.2, 0.25) is 0 Å². The second kappa shape index (κ2) is 9.55. The fourth-order valence-electron chi connectivity index (χ4n) is 2.80. The third kappa shape index (κ3) is 5.13. The van der Waals surface area contributed by atoms with E-state index in [0.717, 1.165) is 16.0 Å². The van der Waals surface area contributed by atoms with E-state index in [1.54, 1.807) is 31.2 Å². The zero-order valence-corrected chi connectivity index (χ0v) is 16.5. The minimum atomic E-state index is -1.12. The summed E-state index contributed by atoms with van der Waals surface area (Å²) in [5, 5.41) is 12.9. The molecule has 1 N–H and O–H groups in total. The van der Waals surface area contributed by atoms with Gasteiger partial charge in [0.05, 0.1) is 13.2 Å². The molecule has 1 atom stereocenters. The molecule has 2 aromatic carbocycles. The normalized spacial score (nSPS) is 11.5. The Hall–Kier alpha value is -3.88. The Kier molecular flexibility index (Phi) is 6.63. The molecule has 156 valence electrons. The van der Waals surface area contributed by atoms with Gasteiger partial charge in [0.25, 0.3) is 5.89 Å². The summed E-state index contributed by atoms with van der Waals surface area (Å²) in [7, 11) is 1.21. The number of rotatable bonds is 8. The van der Waals surface area contributed by atoms with Crippen molar-refractivity contribution in [1.82, 2.24) is 15.0 Å². The molecule has 3 aromatic rings. The summed E-state index contributed by atoms with van der Waals surface area (Å²) in [6.07, 6.45) is -0.712. The highest BCUT2D eigenvalue weighted by molar-refractivity contribution is 5.77. The number of methoxy groups -OCH3 is 1. The number of benzene rings is 2.